The first kappa shape index (κ1) is 27.7. The summed E-state index contributed by atoms with van der Waals surface area (Å²) in [5, 5.41) is 4.84. The topological polar surface area (TPSA) is 137 Å². The fourth-order valence-electron chi connectivity index (χ4n) is 1.20. The van der Waals surface area contributed by atoms with Crippen LogP contribution in [-0.4, -0.2) is 57.1 Å². The Morgan fingerprint density at radius 2 is 1.40 bits per heavy atom. The summed E-state index contributed by atoms with van der Waals surface area (Å²) in [6.07, 6.45) is 0.510. The molecule has 0 atom stereocenters. The number of hydrogen-bond acceptors (Lipinski definition) is 7. The zero-order valence-corrected chi connectivity index (χ0v) is 15.8. The van der Waals surface area contributed by atoms with E-state index in [2.05, 4.69) is 10.6 Å². The van der Waals surface area contributed by atoms with Gasteiger partial charge < -0.3 is 25.8 Å². The van der Waals surface area contributed by atoms with Crippen molar-refractivity contribution in [3.05, 3.63) is 0 Å². The Morgan fingerprint density at radius 1 is 0.880 bits per heavy atom. The third kappa shape index (κ3) is 24.2. The Hall–Kier alpha value is -2.16. The average Bonchev–Trinajstić information content (AvgIpc) is 2.65. The molecule has 9 heteroatoms. The van der Waals surface area contributed by atoms with Crippen molar-refractivity contribution in [1.82, 2.24) is 10.6 Å². The van der Waals surface area contributed by atoms with Crippen molar-refractivity contribution in [1.29, 1.82) is 0 Å². The van der Waals surface area contributed by atoms with E-state index in [4.69, 9.17) is 15.2 Å². The molecule has 0 saturated carbocycles. The van der Waals surface area contributed by atoms with Gasteiger partial charge in [-0.25, -0.2) is 0 Å². The van der Waals surface area contributed by atoms with Crippen LogP contribution in [-0.2, 0) is 28.7 Å². The maximum atomic E-state index is 11.3. The number of carbonyl (C=O) groups excluding carboxylic acids is 4. The van der Waals surface area contributed by atoms with Gasteiger partial charge in [0.15, 0.2) is 0 Å². The van der Waals surface area contributed by atoms with Gasteiger partial charge in [-0.15, -0.1) is 0 Å². The van der Waals surface area contributed by atoms with E-state index in [1.807, 2.05) is 27.7 Å². The third-order valence-electron chi connectivity index (χ3n) is 2.19. The molecule has 2 amide bonds. The maximum Gasteiger partial charge on any atom is 0.307 e. The van der Waals surface area contributed by atoms with Crippen molar-refractivity contribution in [3.63, 3.8) is 0 Å². The van der Waals surface area contributed by atoms with Gasteiger partial charge in [-0.05, 0) is 0 Å². The Labute approximate surface area is 150 Å². The Morgan fingerprint density at radius 3 is 1.88 bits per heavy atom. The summed E-state index contributed by atoms with van der Waals surface area (Å²) in [4.78, 5) is 43.5. The van der Waals surface area contributed by atoms with E-state index in [-0.39, 0.29) is 44.9 Å². The summed E-state index contributed by atoms with van der Waals surface area (Å²) >= 11 is 0. The summed E-state index contributed by atoms with van der Waals surface area (Å²) in [6.45, 7) is 8.76. The fourth-order valence-corrected chi connectivity index (χ4v) is 1.20. The molecule has 0 aromatic carbocycles. The van der Waals surface area contributed by atoms with E-state index in [0.29, 0.717) is 19.5 Å². The molecule has 0 radical (unpaired) electrons. The molecule has 0 aliphatic carbocycles. The average molecular weight is 363 g/mol. The van der Waals surface area contributed by atoms with E-state index in [1.165, 1.54) is 0 Å². The highest BCUT2D eigenvalue weighted by Gasteiger charge is 2.08. The lowest BCUT2D eigenvalue weighted by molar-refractivity contribution is -0.152. The molecule has 0 saturated heterocycles. The predicted octanol–water partition coefficient (Wildman–Crippen LogP) is 0.116. The number of rotatable bonds is 12. The highest BCUT2D eigenvalue weighted by Crippen LogP contribution is 1.94. The standard InChI is InChI=1S/C12H21N3O6.2C2H6/c13-4-6-15-10(17)1-2-11(18)20-7-8-21-12(19)3-5-14-9-16;2*1-2/h9H,1-8,13H2,(H,14,16)(H,15,17);2*1-2H3. The van der Waals surface area contributed by atoms with Gasteiger partial charge in [-0.2, -0.15) is 0 Å². The largest absolute Gasteiger partial charge is 0.462 e. The minimum Gasteiger partial charge on any atom is -0.462 e. The molecule has 25 heavy (non-hydrogen) atoms. The minimum atomic E-state index is -0.545. The van der Waals surface area contributed by atoms with Gasteiger partial charge in [0.25, 0.3) is 0 Å². The zero-order chi connectivity index (χ0) is 19.9. The van der Waals surface area contributed by atoms with Crippen molar-refractivity contribution < 1.29 is 28.7 Å². The summed E-state index contributed by atoms with van der Waals surface area (Å²) in [7, 11) is 0. The van der Waals surface area contributed by atoms with Gasteiger partial charge in [0, 0.05) is 26.1 Å². The zero-order valence-electron chi connectivity index (χ0n) is 15.8. The van der Waals surface area contributed by atoms with Gasteiger partial charge in [-0.1, -0.05) is 27.7 Å². The minimum absolute atomic E-state index is 0.0238. The number of esters is 2. The van der Waals surface area contributed by atoms with Gasteiger partial charge in [0.2, 0.25) is 12.3 Å². The molecular formula is C16H33N3O6. The van der Waals surface area contributed by atoms with Crippen LogP contribution in [0.4, 0.5) is 0 Å². The van der Waals surface area contributed by atoms with Crippen LogP contribution in [0.2, 0.25) is 0 Å². The maximum absolute atomic E-state index is 11.3. The molecule has 4 N–H and O–H groups in total. The van der Waals surface area contributed by atoms with Gasteiger partial charge in [0.05, 0.1) is 12.8 Å². The van der Waals surface area contributed by atoms with E-state index in [9.17, 15) is 19.2 Å². The van der Waals surface area contributed by atoms with Crippen molar-refractivity contribution in [3.8, 4) is 0 Å². The van der Waals surface area contributed by atoms with Crippen LogP contribution < -0.4 is 16.4 Å². The molecule has 0 spiro atoms. The molecule has 0 rings (SSSR count). The van der Waals surface area contributed by atoms with E-state index < -0.39 is 11.9 Å². The summed E-state index contributed by atoms with van der Waals surface area (Å²) in [6, 6.07) is 0. The van der Waals surface area contributed by atoms with Crippen LogP contribution in [0.1, 0.15) is 47.0 Å². The van der Waals surface area contributed by atoms with Gasteiger partial charge >= 0.3 is 11.9 Å². The first-order valence-corrected chi connectivity index (χ1v) is 8.55. The molecule has 0 aliphatic rings. The van der Waals surface area contributed by atoms with Gasteiger partial charge in [-0.3, -0.25) is 19.2 Å². The predicted molar refractivity (Wildman–Crippen MR) is 94.6 cm³/mol. The normalized spacial score (nSPS) is 8.52. The van der Waals surface area contributed by atoms with E-state index >= 15 is 0 Å². The molecule has 0 heterocycles. The van der Waals surface area contributed by atoms with Crippen LogP contribution in [0.15, 0.2) is 0 Å². The quantitative estimate of drug-likeness (QED) is 0.254. The lowest BCUT2D eigenvalue weighted by atomic mass is 10.3. The molecule has 9 nitrogen and oxygen atoms in total. The highest BCUT2D eigenvalue weighted by atomic mass is 16.6. The third-order valence-corrected chi connectivity index (χ3v) is 2.19. The van der Waals surface area contributed by atoms with E-state index in [0.717, 1.165) is 0 Å². The number of ether oxygens (including phenoxy) is 2. The molecule has 0 unspecified atom stereocenters. The first-order chi connectivity index (χ1) is 12.1. The molecule has 148 valence electrons. The van der Waals surface area contributed by atoms with Crippen LogP contribution in [0, 0.1) is 0 Å². The molecule has 0 aromatic rings. The number of carbonyl (C=O) groups is 4. The number of nitrogens with two attached hydrogens (primary N) is 1. The molecule has 0 bridgehead atoms. The second-order valence-electron chi connectivity index (χ2n) is 3.90. The van der Waals surface area contributed by atoms with Crippen LogP contribution >= 0.6 is 0 Å². The summed E-state index contributed by atoms with van der Waals surface area (Å²) in [5.41, 5.74) is 5.21. The summed E-state index contributed by atoms with van der Waals surface area (Å²) < 4.78 is 9.53. The van der Waals surface area contributed by atoms with Crippen LogP contribution in [0.3, 0.4) is 0 Å². The second kappa shape index (κ2) is 24.1. The SMILES string of the molecule is CC.CC.NCCNC(=O)CCC(=O)OCCOC(=O)CCNC=O. The van der Waals surface area contributed by atoms with Crippen molar-refractivity contribution in [2.75, 3.05) is 32.8 Å². The molecule has 0 aliphatic heterocycles. The van der Waals surface area contributed by atoms with Crippen molar-refractivity contribution >= 4 is 24.3 Å². The molecular weight excluding hydrogens is 330 g/mol. The number of amides is 2. The van der Waals surface area contributed by atoms with Gasteiger partial charge in [0.1, 0.15) is 13.2 Å². The van der Waals surface area contributed by atoms with Crippen LogP contribution in [0.5, 0.6) is 0 Å². The Bertz CT molecular complexity index is 351. The number of hydrogen-bond donors (Lipinski definition) is 3. The monoisotopic (exact) mass is 363 g/mol. The summed E-state index contributed by atoms with van der Waals surface area (Å²) in [5.74, 6) is -1.32. The lowest BCUT2D eigenvalue weighted by Gasteiger charge is -2.06. The van der Waals surface area contributed by atoms with Crippen molar-refractivity contribution in [2.45, 2.75) is 47.0 Å². The van der Waals surface area contributed by atoms with E-state index in [1.54, 1.807) is 0 Å². The number of nitrogens with one attached hydrogen (secondary N) is 2. The smallest absolute Gasteiger partial charge is 0.307 e. The molecule has 0 fully saturated rings. The fraction of sp³-hybridized carbons (Fsp3) is 0.750. The first-order valence-electron chi connectivity index (χ1n) is 8.55. The lowest BCUT2D eigenvalue weighted by Crippen LogP contribution is -2.29. The Kier molecular flexibility index (Phi) is 26.7. The highest BCUT2D eigenvalue weighted by molar-refractivity contribution is 5.81. The second-order valence-corrected chi connectivity index (χ2v) is 3.90. The van der Waals surface area contributed by atoms with Crippen molar-refractivity contribution in [2.24, 2.45) is 5.73 Å². The van der Waals surface area contributed by atoms with Crippen LogP contribution in [0.25, 0.3) is 0 Å². The molecule has 0 aromatic heterocycles. The Balaban J connectivity index is -0.00000112.